The molecule has 0 aliphatic carbocycles. The van der Waals surface area contributed by atoms with Crippen molar-refractivity contribution < 1.29 is 4.74 Å². The van der Waals surface area contributed by atoms with Gasteiger partial charge in [0.15, 0.2) is 0 Å². The van der Waals surface area contributed by atoms with Gasteiger partial charge in [0.25, 0.3) is 0 Å². The van der Waals surface area contributed by atoms with Gasteiger partial charge in [-0.1, -0.05) is 31.2 Å². The molecule has 0 atom stereocenters. The van der Waals surface area contributed by atoms with Gasteiger partial charge >= 0.3 is 0 Å². The van der Waals surface area contributed by atoms with E-state index < -0.39 is 0 Å². The molecule has 17 heavy (non-hydrogen) atoms. The average molecular weight is 229 g/mol. The van der Waals surface area contributed by atoms with Crippen molar-refractivity contribution in [3.63, 3.8) is 0 Å². The molecule has 0 fully saturated rings. The van der Waals surface area contributed by atoms with Crippen LogP contribution in [-0.4, -0.2) is 20.2 Å². The molecule has 2 heteroatoms. The second-order valence-electron chi connectivity index (χ2n) is 4.15. The number of benzene rings is 2. The molecule has 0 spiro atoms. The molecule has 0 saturated carbocycles. The first kappa shape index (κ1) is 11.9. The quantitative estimate of drug-likeness (QED) is 0.796. The summed E-state index contributed by atoms with van der Waals surface area (Å²) in [5.41, 5.74) is 1.38. The van der Waals surface area contributed by atoms with Gasteiger partial charge in [-0.2, -0.15) is 0 Å². The van der Waals surface area contributed by atoms with E-state index in [9.17, 15) is 0 Å². The second kappa shape index (κ2) is 5.69. The molecule has 1 N–H and O–H groups in total. The van der Waals surface area contributed by atoms with E-state index in [4.69, 9.17) is 4.74 Å². The van der Waals surface area contributed by atoms with E-state index in [0.29, 0.717) is 0 Å². The van der Waals surface area contributed by atoms with Crippen LogP contribution in [0.1, 0.15) is 12.5 Å². The van der Waals surface area contributed by atoms with Crippen molar-refractivity contribution in [1.82, 2.24) is 5.32 Å². The minimum absolute atomic E-state index is 0.915. The minimum Gasteiger partial charge on any atom is -0.497 e. The summed E-state index contributed by atoms with van der Waals surface area (Å²) in [5, 5.41) is 5.85. The summed E-state index contributed by atoms with van der Waals surface area (Å²) in [6.07, 6.45) is 1.08. The Labute approximate surface area is 103 Å². The number of fused-ring (bicyclic) bond motifs is 1. The van der Waals surface area contributed by atoms with Crippen molar-refractivity contribution in [3.8, 4) is 5.75 Å². The lowest BCUT2D eigenvalue weighted by atomic mass is 10.0. The van der Waals surface area contributed by atoms with Crippen LogP contribution in [0.2, 0.25) is 0 Å². The van der Waals surface area contributed by atoms with Crippen LogP contribution < -0.4 is 10.1 Å². The molecule has 0 aliphatic rings. The Kier molecular flexibility index (Phi) is 3.99. The Morgan fingerprint density at radius 3 is 2.59 bits per heavy atom. The SMILES string of the molecule is CCNCCc1ccc2cc(OC)ccc2c1. The molecular weight excluding hydrogens is 210 g/mol. The van der Waals surface area contributed by atoms with Gasteiger partial charge in [0.05, 0.1) is 7.11 Å². The Balaban J connectivity index is 2.19. The maximum absolute atomic E-state index is 5.22. The summed E-state index contributed by atoms with van der Waals surface area (Å²) in [6, 6.07) is 12.8. The van der Waals surface area contributed by atoms with Crippen molar-refractivity contribution in [1.29, 1.82) is 0 Å². The predicted molar refractivity (Wildman–Crippen MR) is 72.7 cm³/mol. The zero-order valence-electron chi connectivity index (χ0n) is 10.5. The third kappa shape index (κ3) is 2.98. The molecule has 0 saturated heterocycles. The molecule has 90 valence electrons. The lowest BCUT2D eigenvalue weighted by molar-refractivity contribution is 0.415. The fraction of sp³-hybridized carbons (Fsp3) is 0.333. The molecule has 0 heterocycles. The molecule has 2 rings (SSSR count). The van der Waals surface area contributed by atoms with Gasteiger partial charge < -0.3 is 10.1 Å². The highest BCUT2D eigenvalue weighted by Crippen LogP contribution is 2.21. The molecule has 2 nitrogen and oxygen atoms in total. The van der Waals surface area contributed by atoms with E-state index in [-0.39, 0.29) is 0 Å². The van der Waals surface area contributed by atoms with Crippen molar-refractivity contribution >= 4 is 10.8 Å². The van der Waals surface area contributed by atoms with E-state index in [1.54, 1.807) is 7.11 Å². The van der Waals surface area contributed by atoms with Crippen LogP contribution in [0.5, 0.6) is 5.75 Å². The van der Waals surface area contributed by atoms with Crippen LogP contribution in [0.15, 0.2) is 36.4 Å². The average Bonchev–Trinajstić information content (AvgIpc) is 2.38. The first-order chi connectivity index (χ1) is 8.33. The zero-order chi connectivity index (χ0) is 12.1. The van der Waals surface area contributed by atoms with Crippen LogP contribution in [0.3, 0.4) is 0 Å². The number of hydrogen-bond acceptors (Lipinski definition) is 2. The van der Waals surface area contributed by atoms with Gasteiger partial charge in [-0.05, 0) is 48.0 Å². The van der Waals surface area contributed by atoms with Crippen molar-refractivity contribution in [3.05, 3.63) is 42.0 Å². The molecule has 0 bridgehead atoms. The summed E-state index contributed by atoms with van der Waals surface area (Å²) in [7, 11) is 1.70. The Hall–Kier alpha value is -1.54. The molecule has 0 radical (unpaired) electrons. The summed E-state index contributed by atoms with van der Waals surface area (Å²) in [4.78, 5) is 0. The van der Waals surface area contributed by atoms with E-state index in [0.717, 1.165) is 25.3 Å². The number of methoxy groups -OCH3 is 1. The van der Waals surface area contributed by atoms with E-state index in [1.807, 2.05) is 6.07 Å². The molecule has 0 unspecified atom stereocenters. The van der Waals surface area contributed by atoms with Crippen LogP contribution in [-0.2, 0) is 6.42 Å². The number of ether oxygens (including phenoxy) is 1. The maximum atomic E-state index is 5.22. The summed E-state index contributed by atoms with van der Waals surface area (Å²) in [6.45, 7) is 4.20. The number of rotatable bonds is 5. The fourth-order valence-electron chi connectivity index (χ4n) is 1.97. The van der Waals surface area contributed by atoms with Crippen LogP contribution >= 0.6 is 0 Å². The highest BCUT2D eigenvalue weighted by atomic mass is 16.5. The molecule has 0 amide bonds. The van der Waals surface area contributed by atoms with E-state index in [1.165, 1.54) is 16.3 Å². The minimum atomic E-state index is 0.915. The molecule has 2 aromatic carbocycles. The van der Waals surface area contributed by atoms with Gasteiger partial charge in [0.2, 0.25) is 0 Å². The van der Waals surface area contributed by atoms with Gasteiger partial charge in [0.1, 0.15) is 5.75 Å². The third-order valence-electron chi connectivity index (χ3n) is 2.95. The number of likely N-dealkylation sites (N-methyl/N-ethyl adjacent to an activating group) is 1. The molecule has 0 aliphatic heterocycles. The lowest BCUT2D eigenvalue weighted by Gasteiger charge is -2.06. The Morgan fingerprint density at radius 1 is 1.06 bits per heavy atom. The lowest BCUT2D eigenvalue weighted by Crippen LogP contribution is -2.15. The van der Waals surface area contributed by atoms with Crippen LogP contribution in [0, 0.1) is 0 Å². The van der Waals surface area contributed by atoms with Crippen molar-refractivity contribution in [2.45, 2.75) is 13.3 Å². The van der Waals surface area contributed by atoms with E-state index >= 15 is 0 Å². The Morgan fingerprint density at radius 2 is 1.82 bits per heavy atom. The Bertz CT molecular complexity index is 493. The van der Waals surface area contributed by atoms with Gasteiger partial charge in [0, 0.05) is 0 Å². The normalized spacial score (nSPS) is 10.7. The third-order valence-corrected chi connectivity index (χ3v) is 2.95. The highest BCUT2D eigenvalue weighted by molar-refractivity contribution is 5.84. The first-order valence-corrected chi connectivity index (χ1v) is 6.11. The van der Waals surface area contributed by atoms with E-state index in [2.05, 4.69) is 42.6 Å². The summed E-state index contributed by atoms with van der Waals surface area (Å²) in [5.74, 6) is 0.915. The molecule has 0 aromatic heterocycles. The smallest absolute Gasteiger partial charge is 0.119 e. The number of nitrogens with one attached hydrogen (secondary N) is 1. The molecule has 2 aromatic rings. The second-order valence-corrected chi connectivity index (χ2v) is 4.15. The summed E-state index contributed by atoms with van der Waals surface area (Å²) >= 11 is 0. The molecular formula is C15H19NO. The van der Waals surface area contributed by atoms with Crippen molar-refractivity contribution in [2.24, 2.45) is 0 Å². The fourth-order valence-corrected chi connectivity index (χ4v) is 1.97. The van der Waals surface area contributed by atoms with Gasteiger partial charge in [-0.3, -0.25) is 0 Å². The maximum Gasteiger partial charge on any atom is 0.119 e. The van der Waals surface area contributed by atoms with Crippen LogP contribution in [0.4, 0.5) is 0 Å². The largest absolute Gasteiger partial charge is 0.497 e. The van der Waals surface area contributed by atoms with Gasteiger partial charge in [-0.25, -0.2) is 0 Å². The predicted octanol–water partition coefficient (Wildman–Crippen LogP) is 3.00. The van der Waals surface area contributed by atoms with Crippen molar-refractivity contribution in [2.75, 3.05) is 20.2 Å². The summed E-state index contributed by atoms with van der Waals surface area (Å²) < 4.78 is 5.22. The first-order valence-electron chi connectivity index (χ1n) is 6.11. The topological polar surface area (TPSA) is 21.3 Å². The number of hydrogen-bond donors (Lipinski definition) is 1. The zero-order valence-corrected chi connectivity index (χ0v) is 10.5. The standard InChI is InChI=1S/C15H19NO/c1-3-16-9-8-12-4-5-14-11-15(17-2)7-6-13(14)10-12/h4-7,10-11,16H,3,8-9H2,1-2H3. The highest BCUT2D eigenvalue weighted by Gasteiger charge is 1.98. The van der Waals surface area contributed by atoms with Gasteiger partial charge in [-0.15, -0.1) is 0 Å². The van der Waals surface area contributed by atoms with Crippen LogP contribution in [0.25, 0.3) is 10.8 Å². The monoisotopic (exact) mass is 229 g/mol.